The Hall–Kier alpha value is -2.36. The Kier molecular flexibility index (Phi) is 5.14. The van der Waals surface area contributed by atoms with E-state index in [9.17, 15) is 4.79 Å². The minimum absolute atomic E-state index is 0.268. The summed E-state index contributed by atoms with van der Waals surface area (Å²) in [5.74, 6) is 0.268. The summed E-state index contributed by atoms with van der Waals surface area (Å²) in [6.45, 7) is 7.60. The van der Waals surface area contributed by atoms with Gasteiger partial charge in [0.2, 0.25) is 5.91 Å². The third-order valence-electron chi connectivity index (χ3n) is 4.77. The summed E-state index contributed by atoms with van der Waals surface area (Å²) < 4.78 is 0. The van der Waals surface area contributed by atoms with Gasteiger partial charge in [-0.15, -0.1) is 0 Å². The highest BCUT2D eigenvalue weighted by molar-refractivity contribution is 5.76. The van der Waals surface area contributed by atoms with Gasteiger partial charge in [0.25, 0.3) is 0 Å². The van der Waals surface area contributed by atoms with Crippen molar-refractivity contribution >= 4 is 11.6 Å². The monoisotopic (exact) mass is 323 g/mol. The predicted octanol–water partition coefficient (Wildman–Crippen LogP) is 2.98. The molecular weight excluding hydrogens is 298 g/mol. The number of anilines is 1. The maximum Gasteiger partial charge on any atom is 0.223 e. The van der Waals surface area contributed by atoms with Crippen molar-refractivity contribution in [3.05, 3.63) is 59.4 Å². The van der Waals surface area contributed by atoms with Gasteiger partial charge in [-0.1, -0.05) is 23.8 Å². The van der Waals surface area contributed by atoms with Crippen molar-refractivity contribution in [2.24, 2.45) is 0 Å². The molecule has 126 valence electrons. The lowest BCUT2D eigenvalue weighted by atomic mass is 10.0. The van der Waals surface area contributed by atoms with E-state index in [2.05, 4.69) is 41.9 Å². The van der Waals surface area contributed by atoms with Crippen LogP contribution in [0.15, 0.2) is 42.7 Å². The second kappa shape index (κ2) is 7.47. The number of carbonyl (C=O) groups excluding carboxylic acids is 1. The first-order valence-corrected chi connectivity index (χ1v) is 8.62. The number of nitrogens with zero attached hydrogens (tertiary/aromatic N) is 3. The van der Waals surface area contributed by atoms with Crippen molar-refractivity contribution in [2.75, 3.05) is 31.1 Å². The van der Waals surface area contributed by atoms with Crippen LogP contribution < -0.4 is 4.90 Å². The van der Waals surface area contributed by atoms with Gasteiger partial charge in [0.15, 0.2) is 0 Å². The first kappa shape index (κ1) is 16.5. The summed E-state index contributed by atoms with van der Waals surface area (Å²) in [7, 11) is 0. The number of aryl methyl sites for hydroxylation is 3. The number of amides is 1. The molecule has 0 bridgehead atoms. The number of carbonyl (C=O) groups is 1. The molecule has 1 amide bonds. The molecular formula is C20H25N3O. The third-order valence-corrected chi connectivity index (χ3v) is 4.77. The molecule has 0 atom stereocenters. The molecule has 1 aromatic carbocycles. The average molecular weight is 323 g/mol. The maximum atomic E-state index is 12.5. The quantitative estimate of drug-likeness (QED) is 0.868. The number of aromatic nitrogens is 1. The zero-order valence-electron chi connectivity index (χ0n) is 14.5. The van der Waals surface area contributed by atoms with Crippen molar-refractivity contribution in [2.45, 2.75) is 26.7 Å². The molecule has 2 heterocycles. The van der Waals surface area contributed by atoms with Crippen molar-refractivity contribution in [3.63, 3.8) is 0 Å². The van der Waals surface area contributed by atoms with Crippen LogP contribution >= 0.6 is 0 Å². The lowest BCUT2D eigenvalue weighted by Crippen LogP contribution is -2.48. The van der Waals surface area contributed by atoms with Crippen LogP contribution in [0.4, 0.5) is 5.69 Å². The fraction of sp³-hybridized carbons (Fsp3) is 0.400. The van der Waals surface area contributed by atoms with Gasteiger partial charge in [0.05, 0.1) is 0 Å². The first-order chi connectivity index (χ1) is 11.6. The summed E-state index contributed by atoms with van der Waals surface area (Å²) in [6, 6.07) is 10.5. The molecule has 1 aromatic heterocycles. The fourth-order valence-electron chi connectivity index (χ4n) is 3.29. The minimum Gasteiger partial charge on any atom is -0.368 e. The van der Waals surface area contributed by atoms with E-state index >= 15 is 0 Å². The van der Waals surface area contributed by atoms with Gasteiger partial charge in [0.1, 0.15) is 0 Å². The first-order valence-electron chi connectivity index (χ1n) is 8.62. The predicted molar refractivity (Wildman–Crippen MR) is 97.3 cm³/mol. The van der Waals surface area contributed by atoms with Crippen LogP contribution in [0.5, 0.6) is 0 Å². The molecule has 1 fully saturated rings. The molecule has 1 aliphatic rings. The SMILES string of the molecule is Cc1ccc(CCC(=O)N2CCN(c3ccncc3)CC2)c(C)c1. The van der Waals surface area contributed by atoms with Gasteiger partial charge in [0, 0.05) is 50.7 Å². The zero-order chi connectivity index (χ0) is 16.9. The highest BCUT2D eigenvalue weighted by atomic mass is 16.2. The molecule has 1 aliphatic heterocycles. The molecule has 0 N–H and O–H groups in total. The van der Waals surface area contributed by atoms with Crippen molar-refractivity contribution < 1.29 is 4.79 Å². The van der Waals surface area contributed by atoms with Crippen LogP contribution in [0.2, 0.25) is 0 Å². The Labute approximate surface area is 144 Å². The van der Waals surface area contributed by atoms with Gasteiger partial charge in [-0.25, -0.2) is 0 Å². The molecule has 2 aromatic rings. The van der Waals surface area contributed by atoms with Crippen LogP contribution in [0.25, 0.3) is 0 Å². The Bertz CT molecular complexity index is 691. The minimum atomic E-state index is 0.268. The van der Waals surface area contributed by atoms with Crippen LogP contribution in [-0.4, -0.2) is 42.0 Å². The van der Waals surface area contributed by atoms with Crippen LogP contribution in [0.3, 0.4) is 0 Å². The molecule has 4 nitrogen and oxygen atoms in total. The van der Waals surface area contributed by atoms with Crippen molar-refractivity contribution in [3.8, 4) is 0 Å². The summed E-state index contributed by atoms with van der Waals surface area (Å²) in [5, 5.41) is 0. The Morgan fingerprint density at radius 2 is 1.75 bits per heavy atom. The third kappa shape index (κ3) is 3.94. The number of hydrogen-bond donors (Lipinski definition) is 0. The summed E-state index contributed by atoms with van der Waals surface area (Å²) in [6.07, 6.45) is 5.06. The highest BCUT2D eigenvalue weighted by Gasteiger charge is 2.21. The topological polar surface area (TPSA) is 36.4 Å². The standard InChI is InChI=1S/C20H25N3O/c1-16-3-4-18(17(2)15-16)5-6-20(24)23-13-11-22(12-14-23)19-7-9-21-10-8-19/h3-4,7-10,15H,5-6,11-14H2,1-2H3. The van der Waals surface area contributed by atoms with E-state index < -0.39 is 0 Å². The van der Waals surface area contributed by atoms with Gasteiger partial charge < -0.3 is 9.80 Å². The molecule has 1 saturated heterocycles. The summed E-state index contributed by atoms with van der Waals surface area (Å²) in [4.78, 5) is 20.9. The number of hydrogen-bond acceptors (Lipinski definition) is 3. The molecule has 3 rings (SSSR count). The molecule has 0 aliphatic carbocycles. The Morgan fingerprint density at radius 3 is 2.42 bits per heavy atom. The average Bonchev–Trinajstić information content (AvgIpc) is 2.62. The van der Waals surface area contributed by atoms with Crippen LogP contribution in [-0.2, 0) is 11.2 Å². The summed E-state index contributed by atoms with van der Waals surface area (Å²) in [5.41, 5.74) is 5.02. The second-order valence-electron chi connectivity index (χ2n) is 6.50. The molecule has 0 radical (unpaired) electrons. The Morgan fingerprint density at radius 1 is 1.04 bits per heavy atom. The largest absolute Gasteiger partial charge is 0.368 e. The number of benzene rings is 1. The van der Waals surface area contributed by atoms with E-state index in [0.717, 1.165) is 32.6 Å². The highest BCUT2D eigenvalue weighted by Crippen LogP contribution is 2.17. The van der Waals surface area contributed by atoms with Crippen LogP contribution in [0, 0.1) is 13.8 Å². The molecule has 0 unspecified atom stereocenters. The van der Waals surface area contributed by atoms with Gasteiger partial charge in [-0.05, 0) is 43.5 Å². The van der Waals surface area contributed by atoms with E-state index in [4.69, 9.17) is 0 Å². The van der Waals surface area contributed by atoms with E-state index in [1.807, 2.05) is 29.4 Å². The van der Waals surface area contributed by atoms with Crippen LogP contribution in [0.1, 0.15) is 23.1 Å². The summed E-state index contributed by atoms with van der Waals surface area (Å²) >= 11 is 0. The van der Waals surface area contributed by atoms with Crippen molar-refractivity contribution in [1.82, 2.24) is 9.88 Å². The van der Waals surface area contributed by atoms with E-state index in [1.54, 1.807) is 0 Å². The molecule has 24 heavy (non-hydrogen) atoms. The van der Waals surface area contributed by atoms with E-state index in [0.29, 0.717) is 6.42 Å². The van der Waals surface area contributed by atoms with E-state index in [1.165, 1.54) is 22.4 Å². The molecule has 4 heteroatoms. The normalized spacial score (nSPS) is 14.8. The van der Waals surface area contributed by atoms with E-state index in [-0.39, 0.29) is 5.91 Å². The van der Waals surface area contributed by atoms with Crippen molar-refractivity contribution in [1.29, 1.82) is 0 Å². The fourth-order valence-corrected chi connectivity index (χ4v) is 3.29. The maximum absolute atomic E-state index is 12.5. The Balaban J connectivity index is 1.50. The number of rotatable bonds is 4. The van der Waals surface area contributed by atoms with Gasteiger partial charge in [-0.2, -0.15) is 0 Å². The number of piperazine rings is 1. The lowest BCUT2D eigenvalue weighted by molar-refractivity contribution is -0.131. The smallest absolute Gasteiger partial charge is 0.223 e. The van der Waals surface area contributed by atoms with Gasteiger partial charge >= 0.3 is 0 Å². The molecule has 0 saturated carbocycles. The molecule has 0 spiro atoms. The zero-order valence-corrected chi connectivity index (χ0v) is 14.5. The lowest BCUT2D eigenvalue weighted by Gasteiger charge is -2.36. The van der Waals surface area contributed by atoms with Gasteiger partial charge in [-0.3, -0.25) is 9.78 Å². The number of pyridine rings is 1. The second-order valence-corrected chi connectivity index (χ2v) is 6.50.